The number of likely N-dealkylation sites (tertiary alicyclic amines) is 1. The van der Waals surface area contributed by atoms with E-state index in [9.17, 15) is 14.0 Å². The zero-order valence-corrected chi connectivity index (χ0v) is 27.0. The highest BCUT2D eigenvalue weighted by molar-refractivity contribution is 6.77. The smallest absolute Gasteiger partial charge is 0.238 e. The van der Waals surface area contributed by atoms with Crippen molar-refractivity contribution in [2.75, 3.05) is 19.5 Å². The van der Waals surface area contributed by atoms with E-state index in [0.29, 0.717) is 27.0 Å². The van der Waals surface area contributed by atoms with Crippen LogP contribution >= 0.6 is 23.2 Å². The maximum absolute atomic E-state index is 14.5. The molecule has 2 aliphatic heterocycles. The second-order valence-electron chi connectivity index (χ2n) is 12.0. The Balaban J connectivity index is 0.000000426. The number of rotatable bonds is 4. The molecule has 1 fully saturated rings. The molecule has 1 N–H and O–H groups in total. The predicted molar refractivity (Wildman–Crippen MR) is 167 cm³/mol. The minimum atomic E-state index is -1.20. The zero-order valence-electron chi connectivity index (χ0n) is 24.5. The molecule has 3 aromatic rings. The van der Waals surface area contributed by atoms with Gasteiger partial charge in [0.1, 0.15) is 11.2 Å². The molecule has 0 aliphatic carbocycles. The fraction of sp³-hybridized carbons (Fsp3) is 0.375. The molecule has 0 aromatic heterocycles. The van der Waals surface area contributed by atoms with E-state index in [1.807, 2.05) is 25.1 Å². The Bertz CT molecular complexity index is 1480. The van der Waals surface area contributed by atoms with Crippen molar-refractivity contribution in [3.05, 3.63) is 98.8 Å². The van der Waals surface area contributed by atoms with Crippen LogP contribution in [0.15, 0.2) is 60.7 Å². The first-order valence-electron chi connectivity index (χ1n) is 13.6. The molecule has 4 atom stereocenters. The van der Waals surface area contributed by atoms with E-state index in [4.69, 9.17) is 27.9 Å². The van der Waals surface area contributed by atoms with Gasteiger partial charge in [-0.15, -0.1) is 0 Å². The number of methoxy groups -OCH3 is 1. The van der Waals surface area contributed by atoms with Crippen LogP contribution in [0.25, 0.3) is 0 Å². The lowest BCUT2D eigenvalue weighted by atomic mass is 9.58. The second-order valence-corrected chi connectivity index (χ2v) is 18.4. The Morgan fingerprint density at radius 2 is 1.73 bits per heavy atom. The van der Waals surface area contributed by atoms with Crippen LogP contribution in [0.2, 0.25) is 29.7 Å². The molecule has 5 nitrogen and oxygen atoms in total. The van der Waals surface area contributed by atoms with E-state index in [0.717, 1.165) is 16.7 Å². The van der Waals surface area contributed by atoms with Crippen LogP contribution in [-0.2, 0) is 19.7 Å². The molecule has 2 aliphatic rings. The number of nitrogens with zero attached hydrogens (tertiary/aromatic N) is 1. The van der Waals surface area contributed by atoms with Crippen LogP contribution in [0, 0.1) is 12.7 Å². The first kappa shape index (κ1) is 31.2. The van der Waals surface area contributed by atoms with Crippen molar-refractivity contribution in [2.24, 2.45) is 0 Å². The normalized spacial score (nSPS) is 22.6. The van der Waals surface area contributed by atoms with Gasteiger partial charge in [0.05, 0.1) is 14.1 Å². The molecule has 41 heavy (non-hydrogen) atoms. The SMILES string of the molecule is COC(C)[Si](C)(C)C.Cc1ccc(F)cc1[C@H]1N(C)C(=O)C[C@@H](c2cccc(Cl)c2)[C@]12C(=O)Nc1cc(Cl)ccc12. The van der Waals surface area contributed by atoms with E-state index in [1.54, 1.807) is 49.4 Å². The van der Waals surface area contributed by atoms with Gasteiger partial charge < -0.3 is 15.0 Å². The fourth-order valence-corrected chi connectivity index (χ4v) is 6.96. The highest BCUT2D eigenvalue weighted by Crippen LogP contribution is 2.60. The van der Waals surface area contributed by atoms with Crippen molar-refractivity contribution in [1.82, 2.24) is 4.90 Å². The number of anilines is 1. The summed E-state index contributed by atoms with van der Waals surface area (Å²) in [7, 11) is 2.47. The van der Waals surface area contributed by atoms with E-state index < -0.39 is 31.3 Å². The number of amides is 2. The number of fused-ring (bicyclic) bond motifs is 2. The summed E-state index contributed by atoms with van der Waals surface area (Å²) in [6.45, 7) is 10.9. The zero-order chi connectivity index (χ0) is 30.3. The van der Waals surface area contributed by atoms with Gasteiger partial charge in [0.15, 0.2) is 0 Å². The van der Waals surface area contributed by atoms with Crippen LogP contribution in [-0.4, -0.2) is 44.7 Å². The fourth-order valence-electron chi connectivity index (χ4n) is 5.88. The van der Waals surface area contributed by atoms with Crippen molar-refractivity contribution in [3.63, 3.8) is 0 Å². The molecule has 1 spiro atoms. The van der Waals surface area contributed by atoms with Gasteiger partial charge in [-0.3, -0.25) is 9.59 Å². The summed E-state index contributed by atoms with van der Waals surface area (Å²) >= 11 is 12.6. The summed E-state index contributed by atoms with van der Waals surface area (Å²) in [4.78, 5) is 28.9. The van der Waals surface area contributed by atoms with E-state index in [-0.39, 0.29) is 18.2 Å². The highest BCUT2D eigenvalue weighted by atomic mass is 35.5. The van der Waals surface area contributed by atoms with Crippen LogP contribution < -0.4 is 5.32 Å². The van der Waals surface area contributed by atoms with Gasteiger partial charge in [0.2, 0.25) is 11.8 Å². The second kappa shape index (κ2) is 11.9. The van der Waals surface area contributed by atoms with Gasteiger partial charge in [0, 0.05) is 48.0 Å². The topological polar surface area (TPSA) is 58.6 Å². The molecule has 218 valence electrons. The van der Waals surface area contributed by atoms with Gasteiger partial charge in [-0.2, -0.15) is 0 Å². The average molecular weight is 616 g/mol. The minimum absolute atomic E-state index is 0.108. The number of aryl methyl sites for hydroxylation is 1. The molecular weight excluding hydrogens is 578 g/mol. The number of halogens is 3. The number of nitrogens with one attached hydrogen (secondary N) is 1. The Morgan fingerprint density at radius 3 is 2.34 bits per heavy atom. The quantitative estimate of drug-likeness (QED) is 0.304. The molecule has 2 heterocycles. The van der Waals surface area contributed by atoms with Crippen molar-refractivity contribution >= 4 is 48.8 Å². The standard InChI is InChI=1S/C26H21Cl2FN2O2.C6H16OSi/c1-14-6-8-18(29)12-19(14)24-26(20-9-7-17(28)11-22(20)30-25(26)33)21(13-23(32)31(24)2)15-4-3-5-16(27)10-15;1-6(7-2)8(3,4)5/h3-12,21,24H,13H2,1-2H3,(H,30,33);6H,1-5H3/t21-,24+,26-;/m0./s1. The van der Waals surface area contributed by atoms with E-state index in [1.165, 1.54) is 12.1 Å². The van der Waals surface area contributed by atoms with Crippen LogP contribution in [0.4, 0.5) is 10.1 Å². The van der Waals surface area contributed by atoms with E-state index >= 15 is 0 Å². The maximum atomic E-state index is 14.5. The minimum Gasteiger partial charge on any atom is -0.385 e. The Hall–Kier alpha value is -2.71. The van der Waals surface area contributed by atoms with Crippen molar-refractivity contribution < 1.29 is 18.7 Å². The summed E-state index contributed by atoms with van der Waals surface area (Å²) in [5.41, 5.74) is 2.78. The van der Waals surface area contributed by atoms with Gasteiger partial charge in [-0.1, -0.05) is 67.1 Å². The van der Waals surface area contributed by atoms with Crippen LogP contribution in [0.1, 0.15) is 47.6 Å². The summed E-state index contributed by atoms with van der Waals surface area (Å²) in [6, 6.07) is 16.3. The molecular formula is C32H37Cl2FN2O3Si. The van der Waals surface area contributed by atoms with Crippen LogP contribution in [0.3, 0.4) is 0 Å². The lowest BCUT2D eigenvalue weighted by Gasteiger charge is -2.50. The number of carbonyl (C=O) groups excluding carboxylic acids is 2. The summed E-state index contributed by atoms with van der Waals surface area (Å²) in [6.07, 6.45) is 0.108. The number of hydrogen-bond acceptors (Lipinski definition) is 3. The molecule has 0 radical (unpaired) electrons. The Kier molecular flexibility index (Phi) is 9.05. The number of hydrogen-bond donors (Lipinski definition) is 1. The summed E-state index contributed by atoms with van der Waals surface area (Å²) < 4.78 is 19.7. The molecule has 9 heteroatoms. The molecule has 0 bridgehead atoms. The third-order valence-electron chi connectivity index (χ3n) is 8.55. The third-order valence-corrected chi connectivity index (χ3v) is 11.7. The van der Waals surface area contributed by atoms with Crippen molar-refractivity contribution in [3.8, 4) is 0 Å². The highest BCUT2D eigenvalue weighted by Gasteiger charge is 2.63. The van der Waals surface area contributed by atoms with Crippen molar-refractivity contribution in [1.29, 1.82) is 0 Å². The van der Waals surface area contributed by atoms with Gasteiger partial charge >= 0.3 is 0 Å². The average Bonchev–Trinajstić information content (AvgIpc) is 3.18. The van der Waals surface area contributed by atoms with Gasteiger partial charge in [-0.05, 0) is 72.5 Å². The molecule has 1 unspecified atom stereocenters. The monoisotopic (exact) mass is 614 g/mol. The first-order chi connectivity index (χ1) is 19.2. The lowest BCUT2D eigenvalue weighted by molar-refractivity contribution is -0.143. The summed E-state index contributed by atoms with van der Waals surface area (Å²) in [5.74, 6) is -1.33. The third kappa shape index (κ3) is 5.82. The van der Waals surface area contributed by atoms with Crippen molar-refractivity contribution in [2.45, 2.75) is 63.0 Å². The molecule has 0 saturated carbocycles. The number of ether oxygens (including phenoxy) is 1. The van der Waals surface area contributed by atoms with Gasteiger partial charge in [-0.25, -0.2) is 4.39 Å². The Labute approximate surface area is 253 Å². The van der Waals surface area contributed by atoms with Crippen LogP contribution in [0.5, 0.6) is 0 Å². The Morgan fingerprint density at radius 1 is 1.05 bits per heavy atom. The van der Waals surface area contributed by atoms with Gasteiger partial charge in [0.25, 0.3) is 0 Å². The van der Waals surface area contributed by atoms with E-state index in [2.05, 4.69) is 31.9 Å². The number of carbonyl (C=O) groups is 2. The number of piperidine rings is 1. The number of likely N-dealkylation sites (N-methyl/N-ethyl adjacent to an activating group) is 1. The largest absolute Gasteiger partial charge is 0.385 e. The lowest BCUT2D eigenvalue weighted by Crippen LogP contribution is -2.57. The molecule has 1 saturated heterocycles. The summed E-state index contributed by atoms with van der Waals surface area (Å²) in [5, 5.41) is 4.00. The predicted octanol–water partition coefficient (Wildman–Crippen LogP) is 7.92. The molecule has 5 rings (SSSR count). The molecule has 2 amide bonds. The molecule has 3 aromatic carbocycles. The first-order valence-corrected chi connectivity index (χ1v) is 18.0. The number of benzene rings is 3. The maximum Gasteiger partial charge on any atom is 0.238 e.